The summed E-state index contributed by atoms with van der Waals surface area (Å²) >= 11 is 0. The maximum absolute atomic E-state index is 13.1. The van der Waals surface area contributed by atoms with Gasteiger partial charge in [0.05, 0.1) is 22.4 Å². The molecule has 2 aliphatic rings. The third kappa shape index (κ3) is 2.84. The fourth-order valence-corrected chi connectivity index (χ4v) is 6.37. The van der Waals surface area contributed by atoms with Crippen molar-refractivity contribution < 1.29 is 26.4 Å². The molecule has 1 aromatic rings. The van der Waals surface area contributed by atoms with Gasteiger partial charge in [0, 0.05) is 6.42 Å². The lowest BCUT2D eigenvalue weighted by atomic mass is 9.70. The van der Waals surface area contributed by atoms with Crippen LogP contribution >= 0.6 is 0 Å². The van der Waals surface area contributed by atoms with E-state index in [2.05, 4.69) is 4.72 Å². The molecule has 0 amide bonds. The number of nitrogens with one attached hydrogen (secondary N) is 1. The summed E-state index contributed by atoms with van der Waals surface area (Å²) in [6.45, 7) is 3.77. The van der Waals surface area contributed by atoms with Crippen molar-refractivity contribution in [1.29, 1.82) is 0 Å². The van der Waals surface area contributed by atoms with Gasteiger partial charge < -0.3 is 0 Å². The van der Waals surface area contributed by atoms with Crippen molar-refractivity contribution in [2.75, 3.05) is 10.5 Å². The minimum atomic E-state index is -4.67. The third-order valence-electron chi connectivity index (χ3n) is 6.07. The molecule has 4 nitrogen and oxygen atoms in total. The Labute approximate surface area is 144 Å². The van der Waals surface area contributed by atoms with Gasteiger partial charge in [-0.2, -0.15) is 13.2 Å². The predicted molar refractivity (Wildman–Crippen MR) is 87.4 cm³/mol. The second kappa shape index (κ2) is 5.46. The molecule has 3 rings (SSSR count). The molecule has 25 heavy (non-hydrogen) atoms. The lowest BCUT2D eigenvalue weighted by Gasteiger charge is -2.36. The number of rotatable bonds is 4. The summed E-state index contributed by atoms with van der Waals surface area (Å²) in [5.41, 5.74) is -3.04. The number of carbonyl (C=O) groups excluding carboxylic acids is 1. The quantitative estimate of drug-likeness (QED) is 0.870. The number of anilines is 1. The van der Waals surface area contributed by atoms with E-state index in [9.17, 15) is 26.4 Å². The fraction of sp³-hybridized carbons (Fsp3) is 0.588. The van der Waals surface area contributed by atoms with E-state index >= 15 is 0 Å². The van der Waals surface area contributed by atoms with E-state index in [-0.39, 0.29) is 11.7 Å². The van der Waals surface area contributed by atoms with Crippen LogP contribution in [-0.4, -0.2) is 20.0 Å². The first-order chi connectivity index (χ1) is 11.4. The van der Waals surface area contributed by atoms with Crippen molar-refractivity contribution in [2.24, 2.45) is 16.7 Å². The van der Waals surface area contributed by atoms with Gasteiger partial charge in [0.2, 0.25) is 10.0 Å². The molecule has 2 bridgehead atoms. The van der Waals surface area contributed by atoms with E-state index in [0.717, 1.165) is 18.6 Å². The monoisotopic (exact) mass is 375 g/mol. The van der Waals surface area contributed by atoms with Crippen LogP contribution in [0.2, 0.25) is 0 Å². The van der Waals surface area contributed by atoms with Gasteiger partial charge in [-0.3, -0.25) is 9.52 Å². The van der Waals surface area contributed by atoms with E-state index < -0.39 is 44.0 Å². The SMILES string of the molecule is CC1(C)C2CCC1(CS(=O)(=O)Nc1ccccc1C(F)(F)F)C(=O)C2. The molecule has 2 aliphatic carbocycles. The summed E-state index contributed by atoms with van der Waals surface area (Å²) in [6, 6.07) is 4.44. The van der Waals surface area contributed by atoms with Crippen LogP contribution in [0.1, 0.15) is 38.7 Å². The number of carbonyl (C=O) groups is 1. The van der Waals surface area contributed by atoms with Crippen LogP contribution in [0, 0.1) is 16.7 Å². The highest BCUT2D eigenvalue weighted by Gasteiger charge is 2.65. The molecule has 0 aromatic heterocycles. The lowest BCUT2D eigenvalue weighted by Crippen LogP contribution is -2.43. The zero-order chi connectivity index (χ0) is 18.7. The average Bonchev–Trinajstić information content (AvgIpc) is 2.79. The Morgan fingerprint density at radius 3 is 2.40 bits per heavy atom. The number of halogens is 3. The van der Waals surface area contributed by atoms with Gasteiger partial charge in [0.25, 0.3) is 0 Å². The highest BCUT2D eigenvalue weighted by molar-refractivity contribution is 7.92. The molecule has 2 saturated carbocycles. The lowest BCUT2D eigenvalue weighted by molar-refractivity contribution is -0.137. The number of alkyl halides is 3. The molecule has 1 N–H and O–H groups in total. The zero-order valence-corrected chi connectivity index (χ0v) is 14.8. The first-order valence-electron chi connectivity index (χ1n) is 8.09. The molecule has 0 radical (unpaired) electrons. The van der Waals surface area contributed by atoms with E-state index in [4.69, 9.17) is 0 Å². The Morgan fingerprint density at radius 2 is 1.88 bits per heavy atom. The minimum absolute atomic E-state index is 0.0942. The number of fused-ring (bicyclic) bond motifs is 2. The van der Waals surface area contributed by atoms with Crippen molar-refractivity contribution in [2.45, 2.75) is 39.3 Å². The largest absolute Gasteiger partial charge is 0.418 e. The van der Waals surface area contributed by atoms with Gasteiger partial charge in [0.1, 0.15) is 5.78 Å². The Hall–Kier alpha value is -1.57. The van der Waals surface area contributed by atoms with Gasteiger partial charge in [-0.25, -0.2) is 8.42 Å². The van der Waals surface area contributed by atoms with Crippen LogP contribution in [-0.2, 0) is 21.0 Å². The molecule has 0 saturated heterocycles. The molecular formula is C17H20F3NO3S. The fourth-order valence-electron chi connectivity index (χ4n) is 4.46. The highest BCUT2D eigenvalue weighted by atomic mass is 32.2. The Balaban J connectivity index is 1.91. The van der Waals surface area contributed by atoms with Crippen LogP contribution in [0.25, 0.3) is 0 Å². The maximum Gasteiger partial charge on any atom is 0.418 e. The standard InChI is InChI=1S/C17H20F3NO3S/c1-15(2)11-7-8-16(15,14(22)9-11)10-25(23,24)21-13-6-4-3-5-12(13)17(18,19)20/h3-6,11,21H,7-10H2,1-2H3. The maximum atomic E-state index is 13.1. The Morgan fingerprint density at radius 1 is 1.24 bits per heavy atom. The van der Waals surface area contributed by atoms with Gasteiger partial charge in [0.15, 0.2) is 0 Å². The minimum Gasteiger partial charge on any atom is -0.299 e. The van der Waals surface area contributed by atoms with Gasteiger partial charge in [-0.1, -0.05) is 26.0 Å². The zero-order valence-electron chi connectivity index (χ0n) is 14.0. The summed E-state index contributed by atoms with van der Waals surface area (Å²) in [5, 5.41) is 0. The van der Waals surface area contributed by atoms with E-state index in [1.807, 2.05) is 13.8 Å². The second-order valence-corrected chi connectivity index (χ2v) is 9.29. The number of sulfonamides is 1. The topological polar surface area (TPSA) is 63.2 Å². The van der Waals surface area contributed by atoms with Crippen LogP contribution in [0.3, 0.4) is 0 Å². The van der Waals surface area contributed by atoms with Gasteiger partial charge in [-0.05, 0) is 36.3 Å². The van der Waals surface area contributed by atoms with Crippen molar-refractivity contribution in [1.82, 2.24) is 0 Å². The van der Waals surface area contributed by atoms with Crippen LogP contribution in [0.5, 0.6) is 0 Å². The summed E-state index contributed by atoms with van der Waals surface area (Å²) < 4.78 is 66.5. The summed E-state index contributed by atoms with van der Waals surface area (Å²) in [6.07, 6.45) is -3.08. The van der Waals surface area contributed by atoms with E-state index in [1.54, 1.807) is 0 Å². The van der Waals surface area contributed by atoms with Crippen LogP contribution in [0.4, 0.5) is 18.9 Å². The van der Waals surface area contributed by atoms with E-state index in [0.29, 0.717) is 12.8 Å². The molecule has 138 valence electrons. The van der Waals surface area contributed by atoms with Crippen molar-refractivity contribution >= 4 is 21.5 Å². The summed E-state index contributed by atoms with van der Waals surface area (Å²) in [7, 11) is -4.12. The van der Waals surface area contributed by atoms with Gasteiger partial charge in [-0.15, -0.1) is 0 Å². The molecule has 2 unspecified atom stereocenters. The summed E-state index contributed by atoms with van der Waals surface area (Å²) in [5.74, 6) is -0.435. The molecule has 0 aliphatic heterocycles. The van der Waals surface area contributed by atoms with Crippen molar-refractivity contribution in [3.63, 3.8) is 0 Å². The smallest absolute Gasteiger partial charge is 0.299 e. The molecule has 1 aromatic carbocycles. The molecule has 0 heterocycles. The van der Waals surface area contributed by atoms with Crippen LogP contribution in [0.15, 0.2) is 24.3 Å². The van der Waals surface area contributed by atoms with Crippen molar-refractivity contribution in [3.05, 3.63) is 29.8 Å². The first-order valence-corrected chi connectivity index (χ1v) is 9.74. The predicted octanol–water partition coefficient (Wildman–Crippen LogP) is 3.84. The number of ketones is 1. The number of hydrogen-bond acceptors (Lipinski definition) is 3. The molecule has 2 atom stereocenters. The molecule has 2 fully saturated rings. The average molecular weight is 375 g/mol. The Kier molecular flexibility index (Phi) is 3.98. The molecular weight excluding hydrogens is 355 g/mol. The van der Waals surface area contributed by atoms with Crippen molar-refractivity contribution in [3.8, 4) is 0 Å². The number of hydrogen-bond donors (Lipinski definition) is 1. The number of para-hydroxylation sites is 1. The number of benzene rings is 1. The third-order valence-corrected chi connectivity index (χ3v) is 7.48. The van der Waals surface area contributed by atoms with Crippen LogP contribution < -0.4 is 4.72 Å². The van der Waals surface area contributed by atoms with Gasteiger partial charge >= 0.3 is 6.18 Å². The molecule has 8 heteroatoms. The first kappa shape index (κ1) is 18.2. The number of Topliss-reactive ketones (excluding diaryl/α,β-unsaturated/α-hetero) is 1. The second-order valence-electron chi connectivity index (χ2n) is 7.57. The molecule has 0 spiro atoms. The Bertz CT molecular complexity index is 817. The highest BCUT2D eigenvalue weighted by Crippen LogP contribution is 2.64. The normalized spacial score (nSPS) is 28.4. The summed E-state index contributed by atoms with van der Waals surface area (Å²) in [4.78, 5) is 12.5. The van der Waals surface area contributed by atoms with E-state index in [1.165, 1.54) is 12.1 Å².